The van der Waals surface area contributed by atoms with E-state index in [2.05, 4.69) is 31.2 Å². The van der Waals surface area contributed by atoms with Gasteiger partial charge in [-0.05, 0) is 19.1 Å². The highest BCUT2D eigenvalue weighted by Gasteiger charge is 2.27. The van der Waals surface area contributed by atoms with Crippen molar-refractivity contribution in [2.45, 2.75) is 19.8 Å². The molecular weight excluding hydrogens is 396 g/mol. The molecule has 32 heavy (non-hydrogen) atoms. The van der Waals surface area contributed by atoms with E-state index in [1.54, 1.807) is 9.80 Å². The van der Waals surface area contributed by atoms with E-state index in [9.17, 15) is 4.79 Å². The molecule has 0 radical (unpaired) electrons. The highest BCUT2D eigenvalue weighted by molar-refractivity contribution is 6.07. The molecule has 0 bridgehead atoms. The fraction of sp³-hybridized carbons (Fsp3) is 0.407. The van der Waals surface area contributed by atoms with Crippen molar-refractivity contribution >= 4 is 16.8 Å². The van der Waals surface area contributed by atoms with Crippen LogP contribution in [0.2, 0.25) is 0 Å². The van der Waals surface area contributed by atoms with Gasteiger partial charge in [0.2, 0.25) is 0 Å². The first-order chi connectivity index (χ1) is 15.7. The number of benzene rings is 2. The van der Waals surface area contributed by atoms with Gasteiger partial charge in [-0.1, -0.05) is 48.0 Å². The van der Waals surface area contributed by atoms with Crippen molar-refractivity contribution in [2.24, 2.45) is 0 Å². The van der Waals surface area contributed by atoms with Gasteiger partial charge in [0.1, 0.15) is 13.1 Å². The smallest absolute Gasteiger partial charge is 0.255 e. The Labute approximate surface area is 190 Å². The van der Waals surface area contributed by atoms with Crippen LogP contribution in [0.3, 0.4) is 0 Å². The number of fused-ring (bicyclic) bond motifs is 1. The summed E-state index contributed by atoms with van der Waals surface area (Å²) in [5.74, 6) is 0.140. The molecule has 2 saturated heterocycles. The third-order valence-electron chi connectivity index (χ3n) is 7.19. The van der Waals surface area contributed by atoms with Crippen molar-refractivity contribution in [3.05, 3.63) is 65.7 Å². The van der Waals surface area contributed by atoms with Gasteiger partial charge in [-0.2, -0.15) is 0 Å². The van der Waals surface area contributed by atoms with E-state index in [0.717, 1.165) is 53.9 Å². The predicted octanol–water partition coefficient (Wildman–Crippen LogP) is 1.23. The Morgan fingerprint density at radius 2 is 1.56 bits per heavy atom. The van der Waals surface area contributed by atoms with Crippen LogP contribution in [-0.2, 0) is 0 Å². The second-order valence-electron chi connectivity index (χ2n) is 9.44. The first-order valence-electron chi connectivity index (χ1n) is 12.1. The second-order valence-corrected chi connectivity index (χ2v) is 9.44. The van der Waals surface area contributed by atoms with E-state index >= 15 is 0 Å². The molecule has 0 spiro atoms. The van der Waals surface area contributed by atoms with Crippen molar-refractivity contribution < 1.29 is 14.6 Å². The molecule has 2 aliphatic heterocycles. The molecule has 166 valence electrons. The van der Waals surface area contributed by atoms with Gasteiger partial charge < -0.3 is 14.7 Å². The van der Waals surface area contributed by atoms with E-state index in [1.165, 1.54) is 44.6 Å². The number of carbonyl (C=O) groups excluding carboxylic acids is 1. The minimum absolute atomic E-state index is 0.140. The molecule has 1 amide bonds. The van der Waals surface area contributed by atoms with Crippen LogP contribution in [0.25, 0.3) is 22.2 Å². The number of pyridine rings is 1. The Morgan fingerprint density at radius 3 is 2.28 bits per heavy atom. The summed E-state index contributed by atoms with van der Waals surface area (Å²) < 4.78 is 0. The molecule has 0 unspecified atom stereocenters. The topological polar surface area (TPSA) is 42.1 Å². The number of aryl methyl sites for hydroxylation is 1. The predicted molar refractivity (Wildman–Crippen MR) is 128 cm³/mol. The molecule has 5 nitrogen and oxygen atoms in total. The lowest BCUT2D eigenvalue weighted by Crippen LogP contribution is -3.21. The number of hydrogen-bond donors (Lipinski definition) is 2. The minimum Gasteiger partial charge on any atom is -0.330 e. The molecule has 1 aromatic heterocycles. The van der Waals surface area contributed by atoms with Gasteiger partial charge >= 0.3 is 0 Å². The molecule has 5 rings (SSSR count). The molecule has 3 aromatic rings. The van der Waals surface area contributed by atoms with Gasteiger partial charge in [0, 0.05) is 23.8 Å². The summed E-state index contributed by atoms with van der Waals surface area (Å²) in [6, 6.07) is 18.4. The maximum absolute atomic E-state index is 13.6. The first-order valence-corrected chi connectivity index (χ1v) is 12.1. The van der Waals surface area contributed by atoms with Crippen LogP contribution in [0.15, 0.2) is 54.6 Å². The molecule has 0 atom stereocenters. The lowest BCUT2D eigenvalue weighted by molar-refractivity contribution is -0.954. The summed E-state index contributed by atoms with van der Waals surface area (Å²) in [6.45, 7) is 11.0. The Kier molecular flexibility index (Phi) is 6.19. The zero-order valence-electron chi connectivity index (χ0n) is 19.1. The highest BCUT2D eigenvalue weighted by Crippen LogP contribution is 2.26. The van der Waals surface area contributed by atoms with Crippen LogP contribution < -0.4 is 9.80 Å². The maximum Gasteiger partial charge on any atom is 0.255 e. The molecule has 0 aliphatic carbocycles. The van der Waals surface area contributed by atoms with Crippen LogP contribution in [0.4, 0.5) is 0 Å². The van der Waals surface area contributed by atoms with Gasteiger partial charge in [-0.3, -0.25) is 4.79 Å². The number of para-hydroxylation sites is 1. The largest absolute Gasteiger partial charge is 0.330 e. The van der Waals surface area contributed by atoms with E-state index in [-0.39, 0.29) is 5.91 Å². The quantitative estimate of drug-likeness (QED) is 0.640. The van der Waals surface area contributed by atoms with E-state index in [1.807, 2.05) is 35.2 Å². The monoisotopic (exact) mass is 430 g/mol. The second kappa shape index (κ2) is 9.39. The zero-order chi connectivity index (χ0) is 21.9. The number of nitrogens with zero attached hydrogens (tertiary/aromatic N) is 2. The fourth-order valence-corrected chi connectivity index (χ4v) is 5.15. The van der Waals surface area contributed by atoms with Crippen LogP contribution in [-0.4, -0.2) is 68.1 Å². The Balaban J connectivity index is 1.33. The first kappa shape index (κ1) is 21.1. The number of piperazine rings is 1. The van der Waals surface area contributed by atoms with Crippen molar-refractivity contribution in [2.75, 3.05) is 52.4 Å². The van der Waals surface area contributed by atoms with Crippen LogP contribution in [0.5, 0.6) is 0 Å². The summed E-state index contributed by atoms with van der Waals surface area (Å²) in [4.78, 5) is 23.9. The lowest BCUT2D eigenvalue weighted by atomic mass is 10.0. The number of likely N-dealkylation sites (tertiary alicyclic amines) is 1. The number of quaternary nitrogens is 2. The van der Waals surface area contributed by atoms with E-state index < -0.39 is 0 Å². The number of rotatable bonds is 5. The van der Waals surface area contributed by atoms with Gasteiger partial charge in [-0.25, -0.2) is 4.98 Å². The number of hydrogen-bond acceptors (Lipinski definition) is 2. The summed E-state index contributed by atoms with van der Waals surface area (Å²) in [6.07, 6.45) is 2.77. The lowest BCUT2D eigenvalue weighted by Gasteiger charge is -2.32. The molecule has 3 heterocycles. The molecule has 0 saturated carbocycles. The standard InChI is InChI=1S/C27H32N4O/c1-21-8-10-22(11-9-21)26-20-24(23-6-2-3-7-25(23)28-26)27(32)31-18-16-30(17-19-31)15-14-29-12-4-5-13-29/h2-3,6-11,20H,4-5,12-19H2,1H3/p+2. The van der Waals surface area contributed by atoms with Crippen LogP contribution >= 0.6 is 0 Å². The maximum atomic E-state index is 13.6. The Hall–Kier alpha value is -2.76. The average molecular weight is 431 g/mol. The Bertz CT molecular complexity index is 1080. The van der Waals surface area contributed by atoms with Crippen molar-refractivity contribution in [1.29, 1.82) is 0 Å². The number of aromatic nitrogens is 1. The molecular formula is C27H34N4O+2. The van der Waals surface area contributed by atoms with Crippen molar-refractivity contribution in [1.82, 2.24) is 9.88 Å². The fourth-order valence-electron chi connectivity index (χ4n) is 5.15. The van der Waals surface area contributed by atoms with Crippen molar-refractivity contribution in [3.63, 3.8) is 0 Å². The number of amides is 1. The molecule has 2 N–H and O–H groups in total. The molecule has 2 fully saturated rings. The summed E-state index contributed by atoms with van der Waals surface area (Å²) in [5.41, 5.74) is 4.79. The molecule has 2 aromatic carbocycles. The van der Waals surface area contributed by atoms with Crippen LogP contribution in [0.1, 0.15) is 28.8 Å². The Morgan fingerprint density at radius 1 is 0.906 bits per heavy atom. The van der Waals surface area contributed by atoms with E-state index in [0.29, 0.717) is 0 Å². The summed E-state index contributed by atoms with van der Waals surface area (Å²) in [7, 11) is 0. The van der Waals surface area contributed by atoms with Crippen LogP contribution in [0, 0.1) is 6.92 Å². The van der Waals surface area contributed by atoms with Gasteiger partial charge in [0.05, 0.1) is 56.0 Å². The van der Waals surface area contributed by atoms with Gasteiger partial charge in [0.25, 0.3) is 5.91 Å². The molecule has 5 heteroatoms. The van der Waals surface area contributed by atoms with E-state index in [4.69, 9.17) is 4.98 Å². The average Bonchev–Trinajstić information content (AvgIpc) is 3.36. The summed E-state index contributed by atoms with van der Waals surface area (Å²) >= 11 is 0. The highest BCUT2D eigenvalue weighted by atomic mass is 16.2. The SMILES string of the molecule is Cc1ccc(-c2cc(C(=O)N3CC[NH+](CC[NH+]4CCCC4)CC3)c3ccccc3n2)cc1. The summed E-state index contributed by atoms with van der Waals surface area (Å²) in [5, 5.41) is 0.945. The minimum atomic E-state index is 0.140. The van der Waals surface area contributed by atoms with Gasteiger partial charge in [0.15, 0.2) is 0 Å². The number of carbonyl (C=O) groups is 1. The third kappa shape index (κ3) is 4.54. The third-order valence-corrected chi connectivity index (χ3v) is 7.19. The zero-order valence-corrected chi connectivity index (χ0v) is 19.1. The number of nitrogens with one attached hydrogen (secondary N) is 2. The normalized spacial score (nSPS) is 17.8. The van der Waals surface area contributed by atoms with Crippen molar-refractivity contribution in [3.8, 4) is 11.3 Å². The molecule has 2 aliphatic rings. The van der Waals surface area contributed by atoms with Gasteiger partial charge in [-0.15, -0.1) is 0 Å².